The molecule has 0 unspecified atom stereocenters. The van der Waals surface area contributed by atoms with Gasteiger partial charge in [0.2, 0.25) is 0 Å². The zero-order valence-corrected chi connectivity index (χ0v) is 16.9. The van der Waals surface area contributed by atoms with Gasteiger partial charge in [0.1, 0.15) is 10.8 Å². The number of amides is 1. The lowest BCUT2D eigenvalue weighted by molar-refractivity contribution is -0.384. The van der Waals surface area contributed by atoms with Gasteiger partial charge in [-0.3, -0.25) is 14.9 Å². The van der Waals surface area contributed by atoms with Crippen molar-refractivity contribution in [2.24, 2.45) is 12.0 Å². The number of aromatic nitrogens is 1. The molecule has 1 amide bonds. The molecule has 1 heterocycles. The Bertz CT molecular complexity index is 1130. The number of carbonyl (C=O) groups excluding carboxylic acids is 1. The van der Waals surface area contributed by atoms with Crippen LogP contribution in [0.1, 0.15) is 15.2 Å². The third-order valence-electron chi connectivity index (χ3n) is 4.15. The van der Waals surface area contributed by atoms with Gasteiger partial charge in [-0.2, -0.15) is 4.99 Å². The predicted octanol–water partition coefficient (Wildman–Crippen LogP) is 4.37. The summed E-state index contributed by atoms with van der Waals surface area (Å²) in [4.78, 5) is 28.6. The number of ether oxygens (including phenoxy) is 1. The molecule has 0 saturated heterocycles. The molecule has 7 nitrogen and oxygen atoms in total. The summed E-state index contributed by atoms with van der Waals surface area (Å²) in [6, 6.07) is 11.5. The summed E-state index contributed by atoms with van der Waals surface area (Å²) >= 11 is 7.17. The minimum Gasteiger partial charge on any atom is -0.497 e. The third-order valence-corrected chi connectivity index (χ3v) is 5.52. The number of thiazole rings is 1. The minimum absolute atomic E-state index is 0.0270. The highest BCUT2D eigenvalue weighted by Crippen LogP contribution is 2.27. The summed E-state index contributed by atoms with van der Waals surface area (Å²) in [6.07, 6.45) is 0. The molecule has 3 aromatic rings. The van der Waals surface area contributed by atoms with Gasteiger partial charge in [-0.25, -0.2) is 0 Å². The SMILES string of the molecule is COc1ccc(-c2c(C)sc(=NC(=O)c3ccc(Cl)c([N+](=O)[O-])c3)n2C)cc1. The molecule has 1 aromatic heterocycles. The van der Waals surface area contributed by atoms with Crippen molar-refractivity contribution >= 4 is 34.5 Å². The first-order valence-electron chi connectivity index (χ1n) is 8.15. The van der Waals surface area contributed by atoms with Gasteiger partial charge >= 0.3 is 0 Å². The molecule has 0 atom stereocenters. The lowest BCUT2D eigenvalue weighted by Crippen LogP contribution is -2.14. The first kappa shape index (κ1) is 19.8. The Hall–Kier alpha value is -2.97. The Labute approximate surface area is 169 Å². The topological polar surface area (TPSA) is 86.7 Å². The van der Waals surface area contributed by atoms with Gasteiger partial charge in [0, 0.05) is 23.6 Å². The van der Waals surface area contributed by atoms with Crippen LogP contribution in [0.3, 0.4) is 0 Å². The zero-order valence-electron chi connectivity index (χ0n) is 15.3. The smallest absolute Gasteiger partial charge is 0.288 e. The average molecular weight is 418 g/mol. The highest BCUT2D eigenvalue weighted by molar-refractivity contribution is 7.09. The molecule has 0 radical (unpaired) electrons. The minimum atomic E-state index is -0.629. The van der Waals surface area contributed by atoms with E-state index in [1.165, 1.54) is 23.5 Å². The molecule has 0 N–H and O–H groups in total. The fraction of sp³-hybridized carbons (Fsp3) is 0.158. The molecule has 0 aliphatic rings. The summed E-state index contributed by atoms with van der Waals surface area (Å²) in [5.41, 5.74) is 1.68. The van der Waals surface area contributed by atoms with Crippen LogP contribution < -0.4 is 9.54 Å². The highest BCUT2D eigenvalue weighted by Gasteiger charge is 2.17. The number of hydrogen-bond donors (Lipinski definition) is 0. The van der Waals surface area contributed by atoms with E-state index in [1.54, 1.807) is 7.11 Å². The van der Waals surface area contributed by atoms with Gasteiger partial charge in [-0.05, 0) is 48.9 Å². The number of nitrogens with zero attached hydrogens (tertiary/aromatic N) is 3. The summed E-state index contributed by atoms with van der Waals surface area (Å²) in [6.45, 7) is 1.95. The van der Waals surface area contributed by atoms with Crippen molar-refractivity contribution in [3.05, 3.63) is 72.8 Å². The van der Waals surface area contributed by atoms with E-state index in [9.17, 15) is 14.9 Å². The summed E-state index contributed by atoms with van der Waals surface area (Å²) in [5, 5.41) is 11.0. The maximum absolute atomic E-state index is 12.5. The van der Waals surface area contributed by atoms with Gasteiger partial charge in [-0.1, -0.05) is 11.6 Å². The maximum atomic E-state index is 12.5. The van der Waals surface area contributed by atoms with Crippen molar-refractivity contribution in [3.8, 4) is 17.0 Å². The second-order valence-electron chi connectivity index (χ2n) is 5.92. The molecule has 0 aliphatic heterocycles. The van der Waals surface area contributed by atoms with Crippen molar-refractivity contribution in [2.75, 3.05) is 7.11 Å². The number of hydrogen-bond acceptors (Lipinski definition) is 5. The van der Waals surface area contributed by atoms with Crippen LogP contribution in [-0.2, 0) is 7.05 Å². The van der Waals surface area contributed by atoms with Crippen LogP contribution in [0.5, 0.6) is 5.75 Å². The van der Waals surface area contributed by atoms with E-state index in [0.717, 1.165) is 28.0 Å². The van der Waals surface area contributed by atoms with E-state index in [4.69, 9.17) is 16.3 Å². The number of nitro benzene ring substituents is 1. The van der Waals surface area contributed by atoms with Crippen molar-refractivity contribution < 1.29 is 14.5 Å². The Morgan fingerprint density at radius 2 is 1.93 bits per heavy atom. The van der Waals surface area contributed by atoms with Crippen LogP contribution in [0, 0.1) is 17.0 Å². The number of halogens is 1. The number of carbonyl (C=O) groups is 1. The van der Waals surface area contributed by atoms with E-state index in [-0.39, 0.29) is 16.3 Å². The Morgan fingerprint density at radius 1 is 1.25 bits per heavy atom. The third kappa shape index (κ3) is 3.83. The lowest BCUT2D eigenvalue weighted by atomic mass is 10.1. The molecule has 0 saturated carbocycles. The molecule has 0 fully saturated rings. The first-order valence-corrected chi connectivity index (χ1v) is 9.35. The lowest BCUT2D eigenvalue weighted by Gasteiger charge is -2.06. The molecule has 9 heteroatoms. The van der Waals surface area contributed by atoms with Crippen LogP contribution in [-0.4, -0.2) is 22.5 Å². The van der Waals surface area contributed by atoms with Crippen LogP contribution in [0.2, 0.25) is 5.02 Å². The Balaban J connectivity index is 2.02. The van der Waals surface area contributed by atoms with Crippen molar-refractivity contribution in [1.29, 1.82) is 0 Å². The van der Waals surface area contributed by atoms with Crippen molar-refractivity contribution in [3.63, 3.8) is 0 Å². The van der Waals surface area contributed by atoms with Crippen LogP contribution >= 0.6 is 22.9 Å². The molecule has 0 aliphatic carbocycles. The summed E-state index contributed by atoms with van der Waals surface area (Å²) in [7, 11) is 3.42. The predicted molar refractivity (Wildman–Crippen MR) is 108 cm³/mol. The second kappa shape index (κ2) is 7.95. The summed E-state index contributed by atoms with van der Waals surface area (Å²) in [5.74, 6) is 0.182. The number of rotatable bonds is 4. The van der Waals surface area contributed by atoms with Crippen molar-refractivity contribution in [2.45, 2.75) is 6.92 Å². The highest BCUT2D eigenvalue weighted by atomic mass is 35.5. The monoisotopic (exact) mass is 417 g/mol. The molecular weight excluding hydrogens is 402 g/mol. The van der Waals surface area contributed by atoms with E-state index in [0.29, 0.717) is 4.80 Å². The second-order valence-corrected chi connectivity index (χ2v) is 7.51. The van der Waals surface area contributed by atoms with E-state index < -0.39 is 10.8 Å². The fourth-order valence-electron chi connectivity index (χ4n) is 2.77. The van der Waals surface area contributed by atoms with E-state index in [1.807, 2.05) is 42.8 Å². The standard InChI is InChI=1S/C19H16ClN3O4S/c1-11-17(12-4-7-14(27-3)8-5-12)22(2)19(28-11)21-18(24)13-6-9-15(20)16(10-13)23(25)26/h4-10H,1-3H3. The van der Waals surface area contributed by atoms with Gasteiger partial charge in [-0.15, -0.1) is 11.3 Å². The normalized spacial score (nSPS) is 11.5. The van der Waals surface area contributed by atoms with Gasteiger partial charge in [0.15, 0.2) is 4.80 Å². The number of benzene rings is 2. The molecular formula is C19H16ClN3O4S. The van der Waals surface area contributed by atoms with Crippen LogP contribution in [0.15, 0.2) is 47.5 Å². The maximum Gasteiger partial charge on any atom is 0.288 e. The first-order chi connectivity index (χ1) is 13.3. The van der Waals surface area contributed by atoms with Crippen molar-refractivity contribution in [1.82, 2.24) is 4.57 Å². The quantitative estimate of drug-likeness (QED) is 0.465. The zero-order chi connectivity index (χ0) is 20.4. The fourth-order valence-corrected chi connectivity index (χ4v) is 3.93. The van der Waals surface area contributed by atoms with Crippen LogP contribution in [0.25, 0.3) is 11.3 Å². The number of methoxy groups -OCH3 is 1. The number of nitro groups is 1. The van der Waals surface area contributed by atoms with E-state index >= 15 is 0 Å². The Morgan fingerprint density at radius 3 is 2.54 bits per heavy atom. The molecule has 2 aromatic carbocycles. The average Bonchev–Trinajstić information content (AvgIpc) is 2.95. The van der Waals surface area contributed by atoms with Gasteiger partial charge < -0.3 is 9.30 Å². The molecule has 0 bridgehead atoms. The van der Waals surface area contributed by atoms with E-state index in [2.05, 4.69) is 4.99 Å². The molecule has 0 spiro atoms. The van der Waals surface area contributed by atoms with Crippen LogP contribution in [0.4, 0.5) is 5.69 Å². The molecule has 144 valence electrons. The van der Waals surface area contributed by atoms with Gasteiger partial charge in [0.25, 0.3) is 11.6 Å². The largest absolute Gasteiger partial charge is 0.497 e. The molecule has 3 rings (SSSR count). The molecule has 28 heavy (non-hydrogen) atoms. The Kier molecular flexibility index (Phi) is 5.62. The summed E-state index contributed by atoms with van der Waals surface area (Å²) < 4.78 is 7.01. The van der Waals surface area contributed by atoms with Gasteiger partial charge in [0.05, 0.1) is 17.7 Å². The number of aryl methyl sites for hydroxylation is 1.